The third-order valence-electron chi connectivity index (χ3n) is 2.16. The number of rotatable bonds is 1. The lowest BCUT2D eigenvalue weighted by Crippen LogP contribution is -2.21. The number of nitrogens with one attached hydrogen (secondary N) is 2. The predicted molar refractivity (Wildman–Crippen MR) is 66.9 cm³/mol. The van der Waals surface area contributed by atoms with Crippen molar-refractivity contribution < 1.29 is 0 Å². The summed E-state index contributed by atoms with van der Waals surface area (Å²) in [5.74, 6) is 0. The Balaban J connectivity index is 2.13. The maximum Gasteiger partial charge on any atom is 0.168 e. The summed E-state index contributed by atoms with van der Waals surface area (Å²) in [5, 5.41) is 12.3. The van der Waals surface area contributed by atoms with E-state index < -0.39 is 0 Å². The van der Waals surface area contributed by atoms with Gasteiger partial charge in [0.15, 0.2) is 5.17 Å². The number of nitrogens with zero attached hydrogens (tertiary/aromatic N) is 1. The maximum absolute atomic E-state index is 7.76. The highest BCUT2D eigenvalue weighted by atomic mass is 32.2. The molecule has 0 amide bonds. The smallest absolute Gasteiger partial charge is 0.168 e. The lowest BCUT2D eigenvalue weighted by Gasteiger charge is -2.10. The first kappa shape index (κ1) is 10.2. The molecule has 0 spiro atoms. The first-order chi connectivity index (χ1) is 7.08. The van der Waals surface area contributed by atoms with Crippen LogP contribution in [-0.2, 0) is 0 Å². The Bertz CT molecular complexity index is 409. The van der Waals surface area contributed by atoms with E-state index in [9.17, 15) is 0 Å². The van der Waals surface area contributed by atoms with Crippen LogP contribution in [0.5, 0.6) is 0 Å². The highest BCUT2D eigenvalue weighted by Crippen LogP contribution is 2.29. The van der Waals surface area contributed by atoms with Crippen LogP contribution in [0.3, 0.4) is 0 Å². The molecule has 4 heteroatoms. The Labute approximate surface area is 93.5 Å². The summed E-state index contributed by atoms with van der Waals surface area (Å²) in [7, 11) is 0. The predicted octanol–water partition coefficient (Wildman–Crippen LogP) is 2.96. The molecule has 1 aliphatic heterocycles. The van der Waals surface area contributed by atoms with Crippen LogP contribution in [0, 0.1) is 5.41 Å². The Kier molecular flexibility index (Phi) is 2.52. The summed E-state index contributed by atoms with van der Waals surface area (Å²) in [6.07, 6.45) is 0. The molecule has 0 bridgehead atoms. The highest BCUT2D eigenvalue weighted by Gasteiger charge is 2.31. The molecule has 1 aromatic rings. The van der Waals surface area contributed by atoms with Gasteiger partial charge in [-0.1, -0.05) is 18.2 Å². The van der Waals surface area contributed by atoms with Gasteiger partial charge in [0.2, 0.25) is 0 Å². The van der Waals surface area contributed by atoms with E-state index in [4.69, 9.17) is 5.41 Å². The van der Waals surface area contributed by atoms with Gasteiger partial charge in [0.25, 0.3) is 0 Å². The third-order valence-corrected chi connectivity index (χ3v) is 3.25. The van der Waals surface area contributed by atoms with Crippen LogP contribution in [0.2, 0.25) is 0 Å². The number of amidine groups is 1. The second kappa shape index (κ2) is 3.70. The fourth-order valence-electron chi connectivity index (χ4n) is 1.25. The number of aliphatic imine (C=N–C) groups is 1. The topological polar surface area (TPSA) is 48.2 Å². The summed E-state index contributed by atoms with van der Waals surface area (Å²) in [6.45, 7) is 3.89. The van der Waals surface area contributed by atoms with E-state index in [1.165, 1.54) is 11.8 Å². The number of para-hydroxylation sites is 1. The van der Waals surface area contributed by atoms with Gasteiger partial charge in [-0.25, -0.2) is 4.99 Å². The Morgan fingerprint density at radius 1 is 1.27 bits per heavy atom. The molecule has 2 N–H and O–H groups in total. The molecular formula is C11H13N3S. The van der Waals surface area contributed by atoms with Gasteiger partial charge in [-0.3, -0.25) is 5.41 Å². The van der Waals surface area contributed by atoms with Crippen LogP contribution < -0.4 is 5.32 Å². The number of thioether (sulfide) groups is 1. The minimum Gasteiger partial charge on any atom is -0.335 e. The van der Waals surface area contributed by atoms with Gasteiger partial charge in [-0.15, -0.1) is 0 Å². The second-order valence-electron chi connectivity index (χ2n) is 3.90. The molecule has 3 nitrogen and oxygen atoms in total. The molecule has 0 aliphatic carbocycles. The molecule has 15 heavy (non-hydrogen) atoms. The minimum absolute atomic E-state index is 0.373. The Morgan fingerprint density at radius 2 is 1.93 bits per heavy atom. The minimum atomic E-state index is -0.373. The average molecular weight is 219 g/mol. The van der Waals surface area contributed by atoms with Crippen molar-refractivity contribution in [3.05, 3.63) is 30.3 Å². The molecule has 0 aromatic heterocycles. The van der Waals surface area contributed by atoms with Crippen molar-refractivity contribution in [3.8, 4) is 0 Å². The molecule has 1 aliphatic rings. The zero-order valence-electron chi connectivity index (χ0n) is 8.74. The van der Waals surface area contributed by atoms with E-state index >= 15 is 0 Å². The maximum atomic E-state index is 7.76. The van der Waals surface area contributed by atoms with Crippen molar-refractivity contribution in [2.45, 2.75) is 19.4 Å². The summed E-state index contributed by atoms with van der Waals surface area (Å²) >= 11 is 1.39. The zero-order chi connectivity index (χ0) is 10.9. The number of anilines is 1. The summed E-state index contributed by atoms with van der Waals surface area (Å²) in [4.78, 5) is 4.44. The van der Waals surface area contributed by atoms with Crippen molar-refractivity contribution >= 4 is 27.7 Å². The van der Waals surface area contributed by atoms with Crippen LogP contribution >= 0.6 is 11.8 Å². The highest BCUT2D eigenvalue weighted by molar-refractivity contribution is 8.27. The number of benzene rings is 1. The Hall–Kier alpha value is -1.29. The van der Waals surface area contributed by atoms with Crippen molar-refractivity contribution in [2.75, 3.05) is 5.32 Å². The van der Waals surface area contributed by atoms with Crippen LogP contribution in [0.15, 0.2) is 35.3 Å². The van der Waals surface area contributed by atoms with Crippen LogP contribution in [0.25, 0.3) is 0 Å². The molecule has 0 fully saturated rings. The second-order valence-corrected chi connectivity index (χ2v) is 4.90. The van der Waals surface area contributed by atoms with Crippen molar-refractivity contribution in [2.24, 2.45) is 4.99 Å². The summed E-state index contributed by atoms with van der Waals surface area (Å²) in [6, 6.07) is 9.88. The van der Waals surface area contributed by atoms with Gasteiger partial charge in [-0.05, 0) is 37.7 Å². The largest absolute Gasteiger partial charge is 0.335 e. The first-order valence-electron chi connectivity index (χ1n) is 4.77. The van der Waals surface area contributed by atoms with Crippen LogP contribution in [0.4, 0.5) is 5.69 Å². The van der Waals surface area contributed by atoms with Gasteiger partial charge in [0.1, 0.15) is 5.54 Å². The molecule has 0 radical (unpaired) electrons. The van der Waals surface area contributed by atoms with Gasteiger partial charge >= 0.3 is 0 Å². The third kappa shape index (κ3) is 2.21. The van der Waals surface area contributed by atoms with E-state index in [1.807, 2.05) is 44.2 Å². The van der Waals surface area contributed by atoms with Crippen molar-refractivity contribution in [3.63, 3.8) is 0 Å². The lowest BCUT2D eigenvalue weighted by atomic mass is 10.1. The van der Waals surface area contributed by atoms with Crippen LogP contribution in [-0.4, -0.2) is 15.8 Å². The van der Waals surface area contributed by atoms with Gasteiger partial charge in [0, 0.05) is 5.69 Å². The molecule has 1 aromatic carbocycles. The molecule has 2 rings (SSSR count). The average Bonchev–Trinajstić information content (AvgIpc) is 2.42. The van der Waals surface area contributed by atoms with Crippen molar-refractivity contribution in [1.82, 2.24) is 0 Å². The van der Waals surface area contributed by atoms with E-state index in [0.717, 1.165) is 10.9 Å². The normalized spacial score (nSPS) is 18.8. The summed E-state index contributed by atoms with van der Waals surface area (Å²) in [5.41, 5.74) is 0.635. The van der Waals surface area contributed by atoms with E-state index in [1.54, 1.807) is 0 Å². The molecule has 78 valence electrons. The van der Waals surface area contributed by atoms with Gasteiger partial charge in [0.05, 0.1) is 5.04 Å². The van der Waals surface area contributed by atoms with Gasteiger partial charge < -0.3 is 5.32 Å². The molecule has 0 unspecified atom stereocenters. The zero-order valence-corrected chi connectivity index (χ0v) is 9.56. The number of hydrogen-bond donors (Lipinski definition) is 2. The fourth-order valence-corrected chi connectivity index (χ4v) is 2.18. The molecule has 0 saturated heterocycles. The fraction of sp³-hybridized carbons (Fsp3) is 0.273. The Morgan fingerprint density at radius 3 is 2.47 bits per heavy atom. The summed E-state index contributed by atoms with van der Waals surface area (Å²) < 4.78 is 0. The van der Waals surface area contributed by atoms with E-state index in [2.05, 4.69) is 10.3 Å². The number of hydrogen-bond acceptors (Lipinski definition) is 4. The monoisotopic (exact) mass is 219 g/mol. The van der Waals surface area contributed by atoms with E-state index in [-0.39, 0.29) is 5.54 Å². The molecule has 0 atom stereocenters. The SMILES string of the molecule is CC1(C)N=C(Nc2ccccc2)SC1=N. The molecule has 0 saturated carbocycles. The standard InChI is InChI=1S/C11H13N3S/c1-11(2)9(12)15-10(14-11)13-8-6-4-3-5-7-8/h3-7,12H,1-2H3,(H,13,14). The molecule has 1 heterocycles. The van der Waals surface area contributed by atoms with Crippen LogP contribution in [0.1, 0.15) is 13.8 Å². The van der Waals surface area contributed by atoms with E-state index in [0.29, 0.717) is 5.04 Å². The van der Waals surface area contributed by atoms with Crippen molar-refractivity contribution in [1.29, 1.82) is 5.41 Å². The first-order valence-corrected chi connectivity index (χ1v) is 5.58. The lowest BCUT2D eigenvalue weighted by molar-refractivity contribution is 0.716. The van der Waals surface area contributed by atoms with Gasteiger partial charge in [-0.2, -0.15) is 0 Å². The molecular weight excluding hydrogens is 206 g/mol. The quantitative estimate of drug-likeness (QED) is 0.763.